The van der Waals surface area contributed by atoms with Crippen molar-refractivity contribution < 1.29 is 9.90 Å². The Hall–Kier alpha value is -1.59. The summed E-state index contributed by atoms with van der Waals surface area (Å²) in [6, 6.07) is 13.9. The van der Waals surface area contributed by atoms with E-state index >= 15 is 0 Å². The molecule has 0 aromatic heterocycles. The molecule has 2 aliphatic rings. The van der Waals surface area contributed by atoms with E-state index in [-0.39, 0.29) is 30.4 Å². The fourth-order valence-electron chi connectivity index (χ4n) is 4.36. The van der Waals surface area contributed by atoms with Gasteiger partial charge in [0.1, 0.15) is 0 Å². The van der Waals surface area contributed by atoms with Gasteiger partial charge in [0.15, 0.2) is 0 Å². The number of benzene rings is 2. The highest BCUT2D eigenvalue weighted by atomic mass is 35.5. The zero-order chi connectivity index (χ0) is 20.4. The Labute approximate surface area is 181 Å². The maximum absolute atomic E-state index is 12.7. The summed E-state index contributed by atoms with van der Waals surface area (Å²) in [7, 11) is 0. The van der Waals surface area contributed by atoms with Crippen LogP contribution >= 0.6 is 23.2 Å². The summed E-state index contributed by atoms with van der Waals surface area (Å²) >= 11 is 12.3. The number of rotatable bonds is 7. The number of hydrogen-bond acceptors (Lipinski definition) is 3. The van der Waals surface area contributed by atoms with E-state index in [0.717, 1.165) is 43.5 Å². The maximum atomic E-state index is 12.7. The van der Waals surface area contributed by atoms with E-state index in [4.69, 9.17) is 23.2 Å². The van der Waals surface area contributed by atoms with Crippen molar-refractivity contribution in [3.8, 4) is 0 Å². The molecule has 154 valence electrons. The van der Waals surface area contributed by atoms with Crippen LogP contribution in [0.25, 0.3) is 0 Å². The van der Waals surface area contributed by atoms with Crippen molar-refractivity contribution in [3.05, 3.63) is 69.2 Å². The minimum Gasteiger partial charge on any atom is -0.395 e. The number of halogens is 2. The average Bonchev–Trinajstić information content (AvgIpc) is 3.38. The molecule has 0 unspecified atom stereocenters. The molecule has 1 saturated carbocycles. The number of hydrogen-bond donors (Lipinski definition) is 2. The fourth-order valence-corrected chi connectivity index (χ4v) is 4.91. The summed E-state index contributed by atoms with van der Waals surface area (Å²) in [6.45, 7) is 2.54. The van der Waals surface area contributed by atoms with Gasteiger partial charge in [0.2, 0.25) is 5.91 Å². The predicted octanol–water partition coefficient (Wildman–Crippen LogP) is 4.37. The zero-order valence-electron chi connectivity index (χ0n) is 16.3. The highest BCUT2D eigenvalue weighted by Crippen LogP contribution is 2.50. The van der Waals surface area contributed by atoms with Crippen molar-refractivity contribution in [2.45, 2.75) is 44.3 Å². The Morgan fingerprint density at radius 3 is 2.72 bits per heavy atom. The van der Waals surface area contributed by atoms with Crippen LogP contribution < -0.4 is 5.32 Å². The van der Waals surface area contributed by atoms with Gasteiger partial charge in [-0.2, -0.15) is 0 Å². The van der Waals surface area contributed by atoms with Crippen LogP contribution in [0.15, 0.2) is 42.5 Å². The lowest BCUT2D eigenvalue weighted by molar-refractivity contribution is -0.122. The highest BCUT2D eigenvalue weighted by molar-refractivity contribution is 6.35. The van der Waals surface area contributed by atoms with Crippen molar-refractivity contribution in [3.63, 3.8) is 0 Å². The van der Waals surface area contributed by atoms with Gasteiger partial charge in [-0.05, 0) is 60.5 Å². The minimum atomic E-state index is -0.0295. The maximum Gasteiger partial charge on any atom is 0.224 e. The molecule has 4 nitrogen and oxygen atoms in total. The first-order valence-electron chi connectivity index (χ1n) is 10.2. The van der Waals surface area contributed by atoms with E-state index < -0.39 is 0 Å². The molecule has 0 radical (unpaired) electrons. The second kappa shape index (κ2) is 9.05. The second-order valence-corrected chi connectivity index (χ2v) is 8.89. The number of likely N-dealkylation sites (tertiary alicyclic amines) is 1. The molecule has 2 N–H and O–H groups in total. The van der Waals surface area contributed by atoms with Crippen LogP contribution in [0, 0.1) is 5.92 Å². The molecule has 0 spiro atoms. The number of carbonyl (C=O) groups excluding carboxylic acids is 1. The predicted molar refractivity (Wildman–Crippen MR) is 116 cm³/mol. The molecule has 2 aromatic rings. The number of amides is 1. The Balaban J connectivity index is 1.35. The van der Waals surface area contributed by atoms with Gasteiger partial charge in [-0.3, -0.25) is 9.69 Å². The van der Waals surface area contributed by atoms with Gasteiger partial charge in [0, 0.05) is 35.1 Å². The molecular weight excluding hydrogens is 407 g/mol. The molecule has 1 amide bonds. The number of nitrogens with one attached hydrogen (secondary N) is 1. The first-order chi connectivity index (χ1) is 14.1. The number of aliphatic hydroxyl groups excluding tert-OH is 1. The summed E-state index contributed by atoms with van der Waals surface area (Å²) in [5.41, 5.74) is 3.34. The molecule has 2 fully saturated rings. The van der Waals surface area contributed by atoms with Crippen molar-refractivity contribution in [1.82, 2.24) is 10.2 Å². The molecule has 2 aromatic carbocycles. The SMILES string of the molecule is O=C(NCc1ccccc1CN1CCC[C@@H]1CO)[C@@H]1C[C@H]1c1ccc(Cl)cc1Cl. The quantitative estimate of drug-likeness (QED) is 0.682. The van der Waals surface area contributed by atoms with Crippen molar-refractivity contribution >= 4 is 29.1 Å². The number of aliphatic hydroxyl groups is 1. The van der Waals surface area contributed by atoms with Crippen molar-refractivity contribution in [1.29, 1.82) is 0 Å². The Bertz CT molecular complexity index is 889. The van der Waals surface area contributed by atoms with Gasteiger partial charge >= 0.3 is 0 Å². The highest BCUT2D eigenvalue weighted by Gasteiger charge is 2.44. The normalized spacial score (nSPS) is 23.9. The van der Waals surface area contributed by atoms with Gasteiger partial charge in [-0.1, -0.05) is 53.5 Å². The van der Waals surface area contributed by atoms with Crippen LogP contribution in [0.4, 0.5) is 0 Å². The minimum absolute atomic E-state index is 0.0295. The first-order valence-corrected chi connectivity index (χ1v) is 11.0. The van der Waals surface area contributed by atoms with E-state index in [1.54, 1.807) is 6.07 Å². The second-order valence-electron chi connectivity index (χ2n) is 8.05. The molecule has 4 rings (SSSR count). The molecule has 1 heterocycles. The van der Waals surface area contributed by atoms with Crippen molar-refractivity contribution in [2.24, 2.45) is 5.92 Å². The molecule has 3 atom stereocenters. The lowest BCUT2D eigenvalue weighted by atomic mass is 10.1. The average molecular weight is 433 g/mol. The van der Waals surface area contributed by atoms with Gasteiger partial charge in [-0.25, -0.2) is 0 Å². The van der Waals surface area contributed by atoms with Crippen LogP contribution in [-0.2, 0) is 17.9 Å². The lowest BCUT2D eigenvalue weighted by Gasteiger charge is -2.24. The van der Waals surface area contributed by atoms with E-state index in [1.165, 1.54) is 5.56 Å². The van der Waals surface area contributed by atoms with Gasteiger partial charge in [0.25, 0.3) is 0 Å². The van der Waals surface area contributed by atoms with E-state index in [0.29, 0.717) is 16.6 Å². The summed E-state index contributed by atoms with van der Waals surface area (Å²) in [6.07, 6.45) is 2.99. The van der Waals surface area contributed by atoms with Crippen LogP contribution in [0.5, 0.6) is 0 Å². The van der Waals surface area contributed by atoms with Gasteiger partial charge < -0.3 is 10.4 Å². The molecular formula is C23H26Cl2N2O2. The monoisotopic (exact) mass is 432 g/mol. The van der Waals surface area contributed by atoms with E-state index in [1.807, 2.05) is 24.3 Å². The Kier molecular flexibility index (Phi) is 6.45. The lowest BCUT2D eigenvalue weighted by Crippen LogP contribution is -2.32. The molecule has 1 aliphatic heterocycles. The van der Waals surface area contributed by atoms with E-state index in [2.05, 4.69) is 22.3 Å². The standard InChI is InChI=1S/C23H26Cl2N2O2/c24-17-7-8-19(22(25)10-17)20-11-21(20)23(29)26-12-15-4-1-2-5-16(15)13-27-9-3-6-18(27)14-28/h1-2,4-5,7-8,10,18,20-21,28H,3,6,9,11-14H2,(H,26,29)/t18-,20+,21-/m1/s1. The van der Waals surface area contributed by atoms with Crippen LogP contribution in [0.2, 0.25) is 10.0 Å². The fraction of sp³-hybridized carbons (Fsp3) is 0.435. The molecule has 1 aliphatic carbocycles. The smallest absolute Gasteiger partial charge is 0.224 e. The summed E-state index contributed by atoms with van der Waals surface area (Å²) in [5.74, 6) is 0.216. The van der Waals surface area contributed by atoms with E-state index in [9.17, 15) is 9.90 Å². The third kappa shape index (κ3) is 4.77. The van der Waals surface area contributed by atoms with Crippen LogP contribution in [-0.4, -0.2) is 35.1 Å². The third-order valence-corrected chi connectivity index (χ3v) is 6.71. The van der Waals surface area contributed by atoms with Gasteiger partial charge in [0.05, 0.1) is 6.61 Å². The summed E-state index contributed by atoms with van der Waals surface area (Å²) in [4.78, 5) is 15.0. The first kappa shape index (κ1) is 20.7. The third-order valence-electron chi connectivity index (χ3n) is 6.14. The largest absolute Gasteiger partial charge is 0.395 e. The van der Waals surface area contributed by atoms with Crippen molar-refractivity contribution in [2.75, 3.05) is 13.2 Å². The Morgan fingerprint density at radius 1 is 1.17 bits per heavy atom. The molecule has 6 heteroatoms. The topological polar surface area (TPSA) is 52.6 Å². The molecule has 29 heavy (non-hydrogen) atoms. The van der Waals surface area contributed by atoms with Crippen LogP contribution in [0.3, 0.4) is 0 Å². The van der Waals surface area contributed by atoms with Gasteiger partial charge in [-0.15, -0.1) is 0 Å². The molecule has 0 bridgehead atoms. The summed E-state index contributed by atoms with van der Waals surface area (Å²) in [5, 5.41) is 13.9. The number of carbonyl (C=O) groups is 1. The zero-order valence-corrected chi connectivity index (χ0v) is 17.8. The molecule has 1 saturated heterocycles. The van der Waals surface area contributed by atoms with Crippen LogP contribution in [0.1, 0.15) is 41.9 Å². The Morgan fingerprint density at radius 2 is 1.97 bits per heavy atom. The number of nitrogens with zero attached hydrogens (tertiary/aromatic N) is 1. The summed E-state index contributed by atoms with van der Waals surface area (Å²) < 4.78 is 0.